The topological polar surface area (TPSA) is 69.1 Å². The first-order valence-electron chi connectivity index (χ1n) is 3.17. The van der Waals surface area contributed by atoms with Gasteiger partial charge in [0, 0.05) is 6.42 Å². The minimum absolute atomic E-state index is 0.211. The van der Waals surface area contributed by atoms with Gasteiger partial charge >= 0.3 is 0 Å². The lowest BCUT2D eigenvalue weighted by atomic mass is 10.3. The summed E-state index contributed by atoms with van der Waals surface area (Å²) in [4.78, 5) is 9.82. The molecule has 0 rings (SSSR count). The molecule has 0 aliphatic heterocycles. The monoisotopic (exact) mass is 132 g/mol. The van der Waals surface area contributed by atoms with Crippen molar-refractivity contribution < 1.29 is 4.79 Å². The summed E-state index contributed by atoms with van der Waals surface area (Å²) in [6.45, 7) is 4.57. The van der Waals surface area contributed by atoms with E-state index in [0.717, 1.165) is 13.0 Å². The van der Waals surface area contributed by atoms with Crippen LogP contribution in [-0.4, -0.2) is 12.5 Å². The standard InChI is InChI=1S/C4H9NO.C2H7N/c1-2-3-4(5)6;1-2-3/h2-3H2,1H3,(H2,5,6);2-3H2,1H3. The van der Waals surface area contributed by atoms with Crippen LogP contribution in [0.3, 0.4) is 0 Å². The molecule has 3 heteroatoms. The summed E-state index contributed by atoms with van der Waals surface area (Å²) in [5.74, 6) is -0.211. The van der Waals surface area contributed by atoms with Crippen LogP contribution in [-0.2, 0) is 4.79 Å². The Balaban J connectivity index is 0. The van der Waals surface area contributed by atoms with Crippen LogP contribution < -0.4 is 11.5 Å². The predicted molar refractivity (Wildman–Crippen MR) is 38.8 cm³/mol. The molecule has 9 heavy (non-hydrogen) atoms. The molecule has 0 spiro atoms. The molecule has 1 amide bonds. The number of nitrogens with two attached hydrogens (primary N) is 2. The molecule has 0 aliphatic carbocycles. The average molecular weight is 132 g/mol. The molecule has 0 aromatic carbocycles. The number of carbonyl (C=O) groups excluding carboxylic acids is 1. The lowest BCUT2D eigenvalue weighted by molar-refractivity contribution is -0.118. The maximum Gasteiger partial charge on any atom is 0.217 e. The van der Waals surface area contributed by atoms with Gasteiger partial charge in [0.2, 0.25) is 5.91 Å². The Morgan fingerprint density at radius 3 is 1.78 bits per heavy atom. The fourth-order valence-electron chi connectivity index (χ4n) is 0.246. The second-order valence-corrected chi connectivity index (χ2v) is 1.62. The largest absolute Gasteiger partial charge is 0.370 e. The molecule has 3 nitrogen and oxygen atoms in total. The molecular formula is C6H16N2O. The van der Waals surface area contributed by atoms with E-state index in [9.17, 15) is 4.79 Å². The van der Waals surface area contributed by atoms with Crippen LogP contribution in [0.4, 0.5) is 0 Å². The van der Waals surface area contributed by atoms with Crippen LogP contribution >= 0.6 is 0 Å². The third-order valence-corrected chi connectivity index (χ3v) is 0.496. The van der Waals surface area contributed by atoms with Crippen molar-refractivity contribution in [2.75, 3.05) is 6.54 Å². The molecule has 0 atom stereocenters. The summed E-state index contributed by atoms with van der Waals surface area (Å²) in [6, 6.07) is 0. The molecule has 0 aliphatic rings. The molecule has 0 unspecified atom stereocenters. The minimum atomic E-state index is -0.211. The Morgan fingerprint density at radius 2 is 1.78 bits per heavy atom. The maximum atomic E-state index is 9.82. The lowest BCUT2D eigenvalue weighted by Gasteiger charge is -1.81. The van der Waals surface area contributed by atoms with Crippen molar-refractivity contribution in [2.24, 2.45) is 11.5 Å². The highest BCUT2D eigenvalue weighted by atomic mass is 16.1. The molecule has 0 saturated heterocycles. The van der Waals surface area contributed by atoms with Gasteiger partial charge < -0.3 is 11.5 Å². The van der Waals surface area contributed by atoms with E-state index < -0.39 is 0 Å². The van der Waals surface area contributed by atoms with E-state index in [4.69, 9.17) is 11.5 Å². The molecule has 56 valence electrons. The summed E-state index contributed by atoms with van der Waals surface area (Å²) in [7, 11) is 0. The van der Waals surface area contributed by atoms with Gasteiger partial charge in [-0.15, -0.1) is 0 Å². The number of amides is 1. The number of hydrogen-bond acceptors (Lipinski definition) is 2. The van der Waals surface area contributed by atoms with E-state index in [1.54, 1.807) is 0 Å². The van der Waals surface area contributed by atoms with Crippen molar-refractivity contribution >= 4 is 5.91 Å². The van der Waals surface area contributed by atoms with Gasteiger partial charge in [-0.05, 0) is 13.0 Å². The summed E-state index contributed by atoms with van der Waals surface area (Å²) in [6.07, 6.45) is 1.37. The summed E-state index contributed by atoms with van der Waals surface area (Å²) < 4.78 is 0. The Bertz CT molecular complexity index is 64.1. The summed E-state index contributed by atoms with van der Waals surface area (Å²) in [5, 5.41) is 0. The van der Waals surface area contributed by atoms with Crippen LogP contribution in [0.25, 0.3) is 0 Å². The number of rotatable bonds is 2. The van der Waals surface area contributed by atoms with Crippen LogP contribution in [0.15, 0.2) is 0 Å². The van der Waals surface area contributed by atoms with Gasteiger partial charge in [0.15, 0.2) is 0 Å². The maximum absolute atomic E-state index is 9.82. The third kappa shape index (κ3) is 37.1. The first-order chi connectivity index (χ1) is 4.18. The van der Waals surface area contributed by atoms with Crippen molar-refractivity contribution in [1.29, 1.82) is 0 Å². The van der Waals surface area contributed by atoms with Gasteiger partial charge in [-0.1, -0.05) is 13.8 Å². The molecule has 0 saturated carbocycles. The van der Waals surface area contributed by atoms with Gasteiger partial charge in [0.1, 0.15) is 0 Å². The summed E-state index contributed by atoms with van der Waals surface area (Å²) >= 11 is 0. The highest BCUT2D eigenvalue weighted by Gasteiger charge is 1.84. The zero-order valence-electron chi connectivity index (χ0n) is 6.18. The Kier molecular flexibility index (Phi) is 13.0. The van der Waals surface area contributed by atoms with Gasteiger partial charge in [-0.3, -0.25) is 4.79 Å². The van der Waals surface area contributed by atoms with Crippen molar-refractivity contribution in [2.45, 2.75) is 26.7 Å². The summed E-state index contributed by atoms with van der Waals surface area (Å²) in [5.41, 5.74) is 9.61. The van der Waals surface area contributed by atoms with Crippen LogP contribution in [0.1, 0.15) is 26.7 Å². The highest BCUT2D eigenvalue weighted by molar-refractivity contribution is 5.73. The van der Waals surface area contributed by atoms with E-state index in [2.05, 4.69) is 0 Å². The minimum Gasteiger partial charge on any atom is -0.370 e. The highest BCUT2D eigenvalue weighted by Crippen LogP contribution is 1.79. The number of hydrogen-bond donors (Lipinski definition) is 2. The van der Waals surface area contributed by atoms with Gasteiger partial charge in [0.05, 0.1) is 0 Å². The molecule has 0 heterocycles. The molecule has 4 N–H and O–H groups in total. The van der Waals surface area contributed by atoms with E-state index in [1.807, 2.05) is 13.8 Å². The molecule has 0 fully saturated rings. The Hall–Kier alpha value is -0.570. The molecule has 0 bridgehead atoms. The molecule has 0 radical (unpaired) electrons. The van der Waals surface area contributed by atoms with Gasteiger partial charge in [0.25, 0.3) is 0 Å². The van der Waals surface area contributed by atoms with Gasteiger partial charge in [-0.25, -0.2) is 0 Å². The van der Waals surface area contributed by atoms with E-state index in [1.165, 1.54) is 0 Å². The zero-order valence-corrected chi connectivity index (χ0v) is 6.18. The smallest absolute Gasteiger partial charge is 0.217 e. The van der Waals surface area contributed by atoms with Crippen LogP contribution in [0, 0.1) is 0 Å². The Labute approximate surface area is 56.4 Å². The molecule has 0 aromatic rings. The first kappa shape index (κ1) is 11.3. The fraction of sp³-hybridized carbons (Fsp3) is 0.833. The quantitative estimate of drug-likeness (QED) is 0.565. The van der Waals surface area contributed by atoms with Crippen molar-refractivity contribution in [3.05, 3.63) is 0 Å². The average Bonchev–Trinajstić information content (AvgIpc) is 1.67. The third-order valence-electron chi connectivity index (χ3n) is 0.496. The zero-order chi connectivity index (χ0) is 7.70. The lowest BCUT2D eigenvalue weighted by Crippen LogP contribution is -2.08. The normalized spacial score (nSPS) is 7.44. The van der Waals surface area contributed by atoms with Crippen LogP contribution in [0.2, 0.25) is 0 Å². The van der Waals surface area contributed by atoms with Crippen molar-refractivity contribution in [3.63, 3.8) is 0 Å². The van der Waals surface area contributed by atoms with Crippen LogP contribution in [0.5, 0.6) is 0 Å². The molecular weight excluding hydrogens is 116 g/mol. The first-order valence-corrected chi connectivity index (χ1v) is 3.17. The Morgan fingerprint density at radius 1 is 1.44 bits per heavy atom. The predicted octanol–water partition coefficient (Wildman–Crippen LogP) is 0.237. The van der Waals surface area contributed by atoms with Crippen molar-refractivity contribution in [3.8, 4) is 0 Å². The van der Waals surface area contributed by atoms with E-state index >= 15 is 0 Å². The molecule has 0 aromatic heterocycles. The second-order valence-electron chi connectivity index (χ2n) is 1.62. The van der Waals surface area contributed by atoms with E-state index in [-0.39, 0.29) is 5.91 Å². The number of carbonyl (C=O) groups is 1. The fourth-order valence-corrected chi connectivity index (χ4v) is 0.246. The number of primary amides is 1. The van der Waals surface area contributed by atoms with Crippen molar-refractivity contribution in [1.82, 2.24) is 0 Å². The van der Waals surface area contributed by atoms with E-state index in [0.29, 0.717) is 6.42 Å². The second kappa shape index (κ2) is 10.4. The SMILES string of the molecule is CCCC(N)=O.CCN. The van der Waals surface area contributed by atoms with Gasteiger partial charge in [-0.2, -0.15) is 0 Å².